The number of benzene rings is 1. The maximum Gasteiger partial charge on any atom is 0.0875 e. The minimum Gasteiger partial charge on any atom is -0.261 e. The molecule has 0 bridgehead atoms. The van der Waals surface area contributed by atoms with Gasteiger partial charge in [-0.15, -0.1) is 0 Å². The molecule has 1 aromatic heterocycles. The summed E-state index contributed by atoms with van der Waals surface area (Å²) >= 11 is 0. The van der Waals surface area contributed by atoms with E-state index in [1.807, 2.05) is 37.3 Å². The molecule has 0 saturated heterocycles. The Hall–Kier alpha value is -2.21. The van der Waals surface area contributed by atoms with Gasteiger partial charge in [-0.2, -0.15) is 5.26 Å². The molecule has 18 heavy (non-hydrogen) atoms. The lowest BCUT2D eigenvalue weighted by Gasteiger charge is -2.25. The Morgan fingerprint density at radius 3 is 2.56 bits per heavy atom. The first kappa shape index (κ1) is 12.3. The highest BCUT2D eigenvalue weighted by Crippen LogP contribution is 2.30. The van der Waals surface area contributed by atoms with Gasteiger partial charge in [-0.25, -0.2) is 0 Å². The third kappa shape index (κ3) is 2.38. The number of nitriles is 1. The van der Waals surface area contributed by atoms with Crippen LogP contribution in [0.5, 0.6) is 0 Å². The average molecular weight is 237 g/mol. The first-order chi connectivity index (χ1) is 8.80. The third-order valence-corrected chi connectivity index (χ3v) is 3.24. The lowest BCUT2D eigenvalue weighted by atomic mass is 9.76. The quantitative estimate of drug-likeness (QED) is 0.821. The van der Waals surface area contributed by atoms with Gasteiger partial charge in [-0.3, -0.25) is 9.97 Å². The van der Waals surface area contributed by atoms with E-state index in [0.29, 0.717) is 6.42 Å². The summed E-state index contributed by atoms with van der Waals surface area (Å²) in [4.78, 5) is 8.33. The Labute approximate surface area is 107 Å². The fourth-order valence-corrected chi connectivity index (χ4v) is 2.10. The molecule has 1 unspecified atom stereocenters. The van der Waals surface area contributed by atoms with E-state index in [1.165, 1.54) is 0 Å². The van der Waals surface area contributed by atoms with E-state index in [2.05, 4.69) is 16.0 Å². The van der Waals surface area contributed by atoms with Crippen molar-refractivity contribution in [3.63, 3.8) is 0 Å². The molecule has 0 amide bonds. The molecule has 1 aromatic carbocycles. The molecule has 0 radical (unpaired) electrons. The molecular weight excluding hydrogens is 222 g/mol. The second kappa shape index (κ2) is 5.42. The minimum absolute atomic E-state index is 0.517. The molecule has 3 nitrogen and oxygen atoms in total. The van der Waals surface area contributed by atoms with Crippen molar-refractivity contribution >= 4 is 0 Å². The summed E-state index contributed by atoms with van der Waals surface area (Å²) in [6.45, 7) is 2.03. The van der Waals surface area contributed by atoms with Gasteiger partial charge in [0.25, 0.3) is 0 Å². The predicted octanol–water partition coefficient (Wildman–Crippen LogP) is 2.89. The largest absolute Gasteiger partial charge is 0.261 e. The second-order valence-electron chi connectivity index (χ2n) is 4.29. The van der Waals surface area contributed by atoms with Crippen LogP contribution in [0.3, 0.4) is 0 Å². The van der Waals surface area contributed by atoms with Crippen LogP contribution in [0.15, 0.2) is 48.9 Å². The van der Waals surface area contributed by atoms with E-state index in [4.69, 9.17) is 0 Å². The standard InChI is InChI=1S/C15H15N3/c1-2-15(12-16,13-6-4-3-5-7-13)10-14-11-17-8-9-18-14/h3-9,11H,2,10H2,1H3. The Kier molecular flexibility index (Phi) is 3.69. The van der Waals surface area contributed by atoms with E-state index in [1.54, 1.807) is 18.6 Å². The van der Waals surface area contributed by atoms with Crippen LogP contribution in [-0.4, -0.2) is 9.97 Å². The van der Waals surface area contributed by atoms with Crippen molar-refractivity contribution in [3.8, 4) is 6.07 Å². The fraction of sp³-hybridized carbons (Fsp3) is 0.267. The van der Waals surface area contributed by atoms with Crippen LogP contribution in [0.1, 0.15) is 24.6 Å². The topological polar surface area (TPSA) is 49.6 Å². The zero-order valence-electron chi connectivity index (χ0n) is 10.4. The lowest BCUT2D eigenvalue weighted by Crippen LogP contribution is -2.26. The summed E-state index contributed by atoms with van der Waals surface area (Å²) in [5.74, 6) is 0. The Balaban J connectivity index is 2.37. The van der Waals surface area contributed by atoms with Gasteiger partial charge in [0, 0.05) is 25.0 Å². The van der Waals surface area contributed by atoms with E-state index in [9.17, 15) is 5.26 Å². The zero-order valence-corrected chi connectivity index (χ0v) is 10.4. The van der Waals surface area contributed by atoms with Crippen LogP contribution >= 0.6 is 0 Å². The molecular formula is C15H15N3. The number of aromatic nitrogens is 2. The van der Waals surface area contributed by atoms with Crippen molar-refractivity contribution < 1.29 is 0 Å². The number of hydrogen-bond donors (Lipinski definition) is 0. The molecule has 0 aliphatic rings. The van der Waals surface area contributed by atoms with Gasteiger partial charge in [0.2, 0.25) is 0 Å². The molecule has 0 aliphatic carbocycles. The minimum atomic E-state index is -0.517. The van der Waals surface area contributed by atoms with Gasteiger partial charge in [0.05, 0.1) is 17.2 Å². The Morgan fingerprint density at radius 1 is 1.22 bits per heavy atom. The normalized spacial score (nSPS) is 13.6. The van der Waals surface area contributed by atoms with Crippen LogP contribution in [0.4, 0.5) is 0 Å². The van der Waals surface area contributed by atoms with Crippen LogP contribution in [-0.2, 0) is 11.8 Å². The molecule has 0 N–H and O–H groups in total. The van der Waals surface area contributed by atoms with Crippen molar-refractivity contribution in [2.75, 3.05) is 0 Å². The molecule has 0 spiro atoms. The molecule has 1 heterocycles. The monoisotopic (exact) mass is 237 g/mol. The fourth-order valence-electron chi connectivity index (χ4n) is 2.10. The van der Waals surface area contributed by atoms with Gasteiger partial charge < -0.3 is 0 Å². The second-order valence-corrected chi connectivity index (χ2v) is 4.29. The van der Waals surface area contributed by atoms with Gasteiger partial charge in [-0.1, -0.05) is 37.3 Å². The van der Waals surface area contributed by atoms with E-state index < -0.39 is 5.41 Å². The summed E-state index contributed by atoms with van der Waals surface area (Å²) in [7, 11) is 0. The average Bonchev–Trinajstić information content (AvgIpc) is 2.47. The van der Waals surface area contributed by atoms with E-state index in [-0.39, 0.29) is 0 Å². The Bertz CT molecular complexity index is 531. The van der Waals surface area contributed by atoms with Crippen molar-refractivity contribution in [1.29, 1.82) is 5.26 Å². The van der Waals surface area contributed by atoms with Gasteiger partial charge in [0.1, 0.15) is 0 Å². The summed E-state index contributed by atoms with van der Waals surface area (Å²) in [5, 5.41) is 9.59. The smallest absolute Gasteiger partial charge is 0.0875 e. The van der Waals surface area contributed by atoms with Crippen molar-refractivity contribution in [1.82, 2.24) is 9.97 Å². The van der Waals surface area contributed by atoms with Crippen molar-refractivity contribution in [3.05, 3.63) is 60.2 Å². The van der Waals surface area contributed by atoms with Crippen molar-refractivity contribution in [2.24, 2.45) is 0 Å². The maximum atomic E-state index is 9.59. The van der Waals surface area contributed by atoms with Gasteiger partial charge >= 0.3 is 0 Å². The van der Waals surface area contributed by atoms with Gasteiger partial charge in [-0.05, 0) is 12.0 Å². The summed E-state index contributed by atoms with van der Waals surface area (Å²) < 4.78 is 0. The van der Waals surface area contributed by atoms with Crippen LogP contribution in [0.25, 0.3) is 0 Å². The van der Waals surface area contributed by atoms with Gasteiger partial charge in [0.15, 0.2) is 0 Å². The maximum absolute atomic E-state index is 9.59. The molecule has 0 fully saturated rings. The molecule has 0 saturated carbocycles. The van der Waals surface area contributed by atoms with E-state index >= 15 is 0 Å². The third-order valence-electron chi connectivity index (χ3n) is 3.24. The first-order valence-corrected chi connectivity index (χ1v) is 6.02. The number of rotatable bonds is 4. The van der Waals surface area contributed by atoms with Crippen molar-refractivity contribution in [2.45, 2.75) is 25.2 Å². The molecule has 3 heteroatoms. The highest BCUT2D eigenvalue weighted by atomic mass is 14.8. The van der Waals surface area contributed by atoms with E-state index in [0.717, 1.165) is 17.7 Å². The van der Waals surface area contributed by atoms with Crippen LogP contribution < -0.4 is 0 Å². The number of nitrogens with zero attached hydrogens (tertiary/aromatic N) is 3. The predicted molar refractivity (Wildman–Crippen MR) is 69.8 cm³/mol. The highest BCUT2D eigenvalue weighted by molar-refractivity contribution is 5.34. The van der Waals surface area contributed by atoms with Crippen LogP contribution in [0, 0.1) is 11.3 Å². The molecule has 0 aliphatic heterocycles. The lowest BCUT2D eigenvalue weighted by molar-refractivity contribution is 0.518. The zero-order chi connectivity index (χ0) is 12.8. The SMILES string of the molecule is CCC(C#N)(Cc1cnccn1)c1ccccc1. The summed E-state index contributed by atoms with van der Waals surface area (Å²) in [6.07, 6.45) is 6.39. The number of hydrogen-bond acceptors (Lipinski definition) is 3. The Morgan fingerprint density at radius 2 is 2.00 bits per heavy atom. The molecule has 90 valence electrons. The summed E-state index contributed by atoms with van der Waals surface area (Å²) in [5.41, 5.74) is 1.38. The molecule has 1 atom stereocenters. The van der Waals surface area contributed by atoms with Crippen LogP contribution in [0.2, 0.25) is 0 Å². The molecule has 2 rings (SSSR count). The summed E-state index contributed by atoms with van der Waals surface area (Å²) in [6, 6.07) is 12.4. The first-order valence-electron chi connectivity index (χ1n) is 6.02. The highest BCUT2D eigenvalue weighted by Gasteiger charge is 2.31. The molecule has 2 aromatic rings.